The molecule has 19 heteroatoms. The van der Waals surface area contributed by atoms with E-state index in [-0.39, 0.29) is 25.6 Å². The van der Waals surface area contributed by atoms with Crippen molar-refractivity contribution in [1.82, 2.24) is 5.32 Å². The highest BCUT2D eigenvalue weighted by Crippen LogP contribution is 2.31. The zero-order chi connectivity index (χ0) is 26.3. The molecule has 0 aromatic heterocycles. The van der Waals surface area contributed by atoms with E-state index in [1.165, 1.54) is 64.0 Å². The molecule has 0 aromatic carbocycles. The van der Waals surface area contributed by atoms with Crippen molar-refractivity contribution in [2.75, 3.05) is 77.1 Å². The van der Waals surface area contributed by atoms with Crippen LogP contribution in [0.1, 0.15) is 13.3 Å². The van der Waals surface area contributed by atoms with Gasteiger partial charge in [0.1, 0.15) is 0 Å². The number of nitrogens with one attached hydrogen (secondary N) is 1. The highest BCUT2D eigenvalue weighted by atomic mass is 28.5. The van der Waals surface area contributed by atoms with Crippen LogP contribution < -0.4 is 5.32 Å². The van der Waals surface area contributed by atoms with Crippen LogP contribution >= 0.6 is 0 Å². The first kappa shape index (κ1) is 33.7. The van der Waals surface area contributed by atoms with E-state index >= 15 is 0 Å². The van der Waals surface area contributed by atoms with Gasteiger partial charge in [-0.1, -0.05) is 0 Å². The highest BCUT2D eigenvalue weighted by Gasteiger charge is 2.65. The fourth-order valence-electron chi connectivity index (χ4n) is 2.59. The first-order chi connectivity index (χ1) is 16.1. The number of hydrogen-bond donors (Lipinski definition) is 1. The molecule has 0 spiro atoms. The molecule has 0 aliphatic heterocycles. The molecule has 204 valence electrons. The largest absolute Gasteiger partial charge is 0.671 e. The quantitative estimate of drug-likeness (QED) is 0.157. The monoisotopic (exact) mass is 569 g/mol. The van der Waals surface area contributed by atoms with Crippen LogP contribution in [0, 0.1) is 0 Å². The number of hydrogen-bond acceptors (Lipinski definition) is 14. The Morgan fingerprint density at radius 3 is 1.21 bits per heavy atom. The molecular formula is C15H39NO14Si4. The molecule has 0 heterocycles. The Morgan fingerprint density at radius 2 is 0.941 bits per heavy atom. The number of rotatable bonds is 20. The van der Waals surface area contributed by atoms with Crippen LogP contribution in [0.15, 0.2) is 0 Å². The molecule has 15 nitrogen and oxygen atoms in total. The zero-order valence-electron chi connectivity index (χ0n) is 21.5. The number of carbonyl (C=O) groups excluding carboxylic acids is 1. The van der Waals surface area contributed by atoms with Gasteiger partial charge in [0.05, 0.1) is 6.61 Å². The molecule has 0 saturated carbocycles. The summed E-state index contributed by atoms with van der Waals surface area (Å²) in [6.07, 6.45) is -0.286. The van der Waals surface area contributed by atoms with Gasteiger partial charge in [-0.25, -0.2) is 4.79 Å². The van der Waals surface area contributed by atoms with Crippen LogP contribution in [0.25, 0.3) is 0 Å². The van der Waals surface area contributed by atoms with Crippen LogP contribution in [-0.2, 0) is 56.9 Å². The number of amides is 1. The summed E-state index contributed by atoms with van der Waals surface area (Å²) in [5, 5.41) is 2.62. The minimum absolute atomic E-state index is 0.0555. The molecule has 0 aliphatic carbocycles. The van der Waals surface area contributed by atoms with E-state index in [2.05, 4.69) is 5.32 Å². The Morgan fingerprint density at radius 1 is 0.618 bits per heavy atom. The van der Waals surface area contributed by atoms with Gasteiger partial charge in [-0.15, -0.1) is 0 Å². The predicted octanol–water partition coefficient (Wildman–Crippen LogP) is 0.236. The molecule has 1 N–H and O–H groups in total. The van der Waals surface area contributed by atoms with Gasteiger partial charge in [0, 0.05) is 76.6 Å². The van der Waals surface area contributed by atoms with Gasteiger partial charge in [0.15, 0.2) is 0 Å². The van der Waals surface area contributed by atoms with Crippen LogP contribution in [0.4, 0.5) is 4.79 Å². The molecule has 0 fully saturated rings. The molecule has 0 rings (SSSR count). The van der Waals surface area contributed by atoms with Gasteiger partial charge in [-0.2, -0.15) is 0 Å². The minimum atomic E-state index is -4.11. The summed E-state index contributed by atoms with van der Waals surface area (Å²) in [5.74, 6) is 0. The van der Waals surface area contributed by atoms with Crippen molar-refractivity contribution in [3.8, 4) is 0 Å². The van der Waals surface area contributed by atoms with E-state index in [4.69, 9.17) is 56.9 Å². The van der Waals surface area contributed by atoms with Crippen molar-refractivity contribution >= 4 is 42.0 Å². The van der Waals surface area contributed by atoms with Crippen molar-refractivity contribution in [1.29, 1.82) is 0 Å². The van der Waals surface area contributed by atoms with Crippen LogP contribution in [0.5, 0.6) is 0 Å². The van der Waals surface area contributed by atoms with Crippen LogP contribution in [-0.4, -0.2) is 119 Å². The van der Waals surface area contributed by atoms with Crippen molar-refractivity contribution in [3.63, 3.8) is 0 Å². The van der Waals surface area contributed by atoms with E-state index in [0.29, 0.717) is 0 Å². The van der Waals surface area contributed by atoms with Gasteiger partial charge < -0.3 is 62.2 Å². The minimum Gasteiger partial charge on any atom is -0.450 e. The zero-order valence-corrected chi connectivity index (χ0v) is 25.5. The SMILES string of the molecule is CCOC(=O)NCCC[Si](O[Si](OC)(OC)OC)(O[Si](OC)(OC)OC)O[Si](OC)(OC)OC. The average molecular weight is 570 g/mol. The van der Waals surface area contributed by atoms with E-state index in [1.54, 1.807) is 6.92 Å². The predicted molar refractivity (Wildman–Crippen MR) is 124 cm³/mol. The van der Waals surface area contributed by atoms with E-state index < -0.39 is 42.0 Å². The summed E-state index contributed by atoms with van der Waals surface area (Å²) < 4.78 is 72.6. The van der Waals surface area contributed by atoms with E-state index in [1.807, 2.05) is 0 Å². The number of alkyl carbamates (subject to hydrolysis) is 1. The second-order valence-corrected chi connectivity index (χ2v) is 17.1. The smallest absolute Gasteiger partial charge is 0.450 e. The van der Waals surface area contributed by atoms with Crippen LogP contribution in [0.3, 0.4) is 0 Å². The highest BCUT2D eigenvalue weighted by molar-refractivity contribution is 6.82. The fourth-order valence-corrected chi connectivity index (χ4v) is 15.1. The van der Waals surface area contributed by atoms with Crippen molar-refractivity contribution < 1.29 is 61.7 Å². The summed E-state index contributed by atoms with van der Waals surface area (Å²) in [6, 6.07) is 0.0555. The lowest BCUT2D eigenvalue weighted by Crippen LogP contribution is -2.69. The number of ether oxygens (including phenoxy) is 1. The van der Waals surface area contributed by atoms with Crippen molar-refractivity contribution in [2.24, 2.45) is 0 Å². The molecular weight excluding hydrogens is 531 g/mol. The third-order valence-corrected chi connectivity index (χ3v) is 16.5. The fraction of sp³-hybridized carbons (Fsp3) is 0.933. The second kappa shape index (κ2) is 16.4. The molecule has 1 amide bonds. The lowest BCUT2D eigenvalue weighted by Gasteiger charge is -2.41. The molecule has 0 aromatic rings. The van der Waals surface area contributed by atoms with Gasteiger partial charge in [0.2, 0.25) is 0 Å². The maximum Gasteiger partial charge on any atom is 0.671 e. The Labute approximate surface area is 205 Å². The molecule has 0 saturated heterocycles. The van der Waals surface area contributed by atoms with Crippen molar-refractivity contribution in [3.05, 3.63) is 0 Å². The molecule has 0 bridgehead atoms. The lowest BCUT2D eigenvalue weighted by molar-refractivity contribution is -0.0260. The maximum absolute atomic E-state index is 11.7. The average Bonchev–Trinajstić information content (AvgIpc) is 2.87. The van der Waals surface area contributed by atoms with Gasteiger partial charge in [-0.3, -0.25) is 0 Å². The molecule has 0 unspecified atom stereocenters. The number of carbonyl (C=O) groups is 1. The third-order valence-electron chi connectivity index (χ3n) is 4.30. The summed E-state index contributed by atoms with van der Waals surface area (Å²) in [6.45, 7) is 2.12. The first-order valence-electron chi connectivity index (χ1n) is 10.1. The molecule has 34 heavy (non-hydrogen) atoms. The lowest BCUT2D eigenvalue weighted by atomic mass is 10.5. The van der Waals surface area contributed by atoms with Gasteiger partial charge in [-0.05, 0) is 13.3 Å². The Kier molecular flexibility index (Phi) is 16.2. The Hall–Kier alpha value is -0.342. The Bertz CT molecular complexity index is 485. The molecule has 0 aliphatic rings. The normalized spacial score (nSPS) is 13.2. The van der Waals surface area contributed by atoms with Crippen molar-refractivity contribution in [2.45, 2.75) is 19.4 Å². The van der Waals surface area contributed by atoms with Gasteiger partial charge in [0.25, 0.3) is 0 Å². The van der Waals surface area contributed by atoms with Gasteiger partial charge >= 0.3 is 42.0 Å². The van der Waals surface area contributed by atoms with Crippen LogP contribution in [0.2, 0.25) is 6.04 Å². The second-order valence-electron chi connectivity index (χ2n) is 6.08. The summed E-state index contributed by atoms with van der Waals surface area (Å²) >= 11 is 0. The summed E-state index contributed by atoms with van der Waals surface area (Å²) in [4.78, 5) is 11.7. The third kappa shape index (κ3) is 9.61. The van der Waals surface area contributed by atoms with E-state index in [9.17, 15) is 4.79 Å². The standard InChI is InChI=1S/C15H39NO14Si4/c1-11-27-15(17)16-13-12-14-31(28-32(18-2,19-3)20-4,29-33(21-5,22-6)23-7)30-34(24-8,25-9)26-10/h11-14H2,1-10H3,(H,16,17). The Balaban J connectivity index is 6.42. The van der Waals surface area contributed by atoms with E-state index in [0.717, 1.165) is 0 Å². The maximum atomic E-state index is 11.7. The molecule has 0 radical (unpaired) electrons. The molecule has 0 atom stereocenters. The first-order valence-corrected chi connectivity index (χ1v) is 16.9. The summed E-state index contributed by atoms with van der Waals surface area (Å²) in [5.41, 5.74) is 0. The topological polar surface area (TPSA) is 149 Å². The summed E-state index contributed by atoms with van der Waals surface area (Å²) in [7, 11) is -3.41.